The van der Waals surface area contributed by atoms with Gasteiger partial charge in [0.05, 0.1) is 15.1 Å². The van der Waals surface area contributed by atoms with E-state index in [1.165, 1.54) is 22.7 Å². The maximum Gasteiger partial charge on any atom is 0.265 e. The number of carbonyl (C=O) groups excluding carboxylic acids is 1. The quantitative estimate of drug-likeness (QED) is 0.513. The van der Waals surface area contributed by atoms with E-state index in [9.17, 15) is 4.79 Å². The van der Waals surface area contributed by atoms with Crippen molar-refractivity contribution in [3.63, 3.8) is 0 Å². The molecule has 2 heterocycles. The fourth-order valence-electron chi connectivity index (χ4n) is 1.93. The maximum atomic E-state index is 12.0. The van der Waals surface area contributed by atoms with E-state index in [1.807, 2.05) is 30.5 Å². The van der Waals surface area contributed by atoms with E-state index >= 15 is 0 Å². The van der Waals surface area contributed by atoms with Crippen molar-refractivity contribution in [2.24, 2.45) is 5.84 Å². The van der Waals surface area contributed by atoms with Crippen molar-refractivity contribution in [3.8, 4) is 0 Å². The molecule has 7 heteroatoms. The number of amides is 1. The van der Waals surface area contributed by atoms with Gasteiger partial charge in [0.1, 0.15) is 0 Å². The molecule has 0 aliphatic rings. The van der Waals surface area contributed by atoms with Gasteiger partial charge < -0.3 is 5.32 Å². The third-order valence-corrected chi connectivity index (χ3v) is 4.61. The highest BCUT2D eigenvalue weighted by Gasteiger charge is 2.11. The number of hydrogen-bond acceptors (Lipinski definition) is 6. The van der Waals surface area contributed by atoms with Gasteiger partial charge in [-0.3, -0.25) is 10.2 Å². The lowest BCUT2D eigenvalue weighted by Crippen LogP contribution is -2.10. The molecular weight excluding hydrogens is 292 g/mol. The Bertz CT molecular complexity index is 764. The minimum absolute atomic E-state index is 0.0968. The number of hydrazine groups is 1. The maximum absolute atomic E-state index is 12.0. The number of rotatable bonds is 3. The van der Waals surface area contributed by atoms with Gasteiger partial charge in [0.25, 0.3) is 5.91 Å². The Balaban J connectivity index is 1.94. The molecule has 2 aromatic heterocycles. The lowest BCUT2D eigenvalue weighted by molar-refractivity contribution is 0.103. The normalized spacial score (nSPS) is 10.7. The van der Waals surface area contributed by atoms with Gasteiger partial charge in [-0.15, -0.1) is 11.3 Å². The lowest BCUT2D eigenvalue weighted by atomic mass is 10.2. The first-order chi connectivity index (χ1) is 9.67. The summed E-state index contributed by atoms with van der Waals surface area (Å²) in [4.78, 5) is 17.1. The van der Waals surface area contributed by atoms with Crippen LogP contribution in [0.2, 0.25) is 0 Å². The Morgan fingerprint density at radius 1 is 1.40 bits per heavy atom. The number of aryl methyl sites for hydroxylation is 1. The van der Waals surface area contributed by atoms with Crippen LogP contribution in [0.25, 0.3) is 10.2 Å². The molecule has 0 atom stereocenters. The molecule has 5 nitrogen and oxygen atoms in total. The van der Waals surface area contributed by atoms with Gasteiger partial charge in [0.15, 0.2) is 5.13 Å². The van der Waals surface area contributed by atoms with Gasteiger partial charge >= 0.3 is 0 Å². The number of fused-ring (bicyclic) bond motifs is 1. The van der Waals surface area contributed by atoms with Gasteiger partial charge in [0, 0.05) is 5.69 Å². The second kappa shape index (κ2) is 5.20. The molecule has 0 saturated heterocycles. The average Bonchev–Trinajstić information content (AvgIpc) is 3.07. The second-order valence-corrected chi connectivity index (χ2v) is 6.21. The molecule has 3 aromatic rings. The van der Waals surface area contributed by atoms with E-state index < -0.39 is 0 Å². The molecule has 0 saturated carbocycles. The molecule has 4 N–H and O–H groups in total. The first-order valence-corrected chi connectivity index (χ1v) is 7.59. The number of nitrogens with two attached hydrogens (primary N) is 1. The largest absolute Gasteiger partial charge is 0.321 e. The third-order valence-electron chi connectivity index (χ3n) is 2.81. The zero-order valence-corrected chi connectivity index (χ0v) is 12.3. The topological polar surface area (TPSA) is 80.0 Å². The fraction of sp³-hybridized carbons (Fsp3) is 0.0769. The van der Waals surface area contributed by atoms with E-state index in [1.54, 1.807) is 6.07 Å². The van der Waals surface area contributed by atoms with Crippen molar-refractivity contribution < 1.29 is 4.79 Å². The number of thiophene rings is 1. The minimum Gasteiger partial charge on any atom is -0.321 e. The molecule has 0 fully saturated rings. The Kier molecular flexibility index (Phi) is 3.39. The summed E-state index contributed by atoms with van der Waals surface area (Å²) in [6, 6.07) is 7.48. The van der Waals surface area contributed by atoms with Crippen molar-refractivity contribution in [2.75, 3.05) is 10.7 Å². The van der Waals surface area contributed by atoms with Crippen LogP contribution in [0.1, 0.15) is 15.2 Å². The zero-order chi connectivity index (χ0) is 14.1. The molecular formula is C13H12N4OS2. The molecule has 3 rings (SSSR count). The number of benzene rings is 1. The third kappa shape index (κ3) is 2.38. The van der Waals surface area contributed by atoms with Crippen LogP contribution in [0.4, 0.5) is 10.8 Å². The van der Waals surface area contributed by atoms with E-state index in [4.69, 9.17) is 5.84 Å². The second-order valence-electron chi connectivity index (χ2n) is 4.23. The molecule has 0 unspecified atom stereocenters. The Morgan fingerprint density at radius 2 is 2.25 bits per heavy atom. The first kappa shape index (κ1) is 13.0. The Labute approximate surface area is 123 Å². The van der Waals surface area contributed by atoms with Crippen LogP contribution in [0.15, 0.2) is 29.6 Å². The average molecular weight is 304 g/mol. The van der Waals surface area contributed by atoms with Crippen molar-refractivity contribution in [1.82, 2.24) is 4.98 Å². The fourth-order valence-corrected chi connectivity index (χ4v) is 3.44. The molecule has 0 aliphatic heterocycles. The van der Waals surface area contributed by atoms with E-state index in [-0.39, 0.29) is 5.91 Å². The molecule has 1 aromatic carbocycles. The number of carbonyl (C=O) groups is 1. The highest BCUT2D eigenvalue weighted by Crippen LogP contribution is 2.30. The van der Waals surface area contributed by atoms with E-state index in [2.05, 4.69) is 15.7 Å². The summed E-state index contributed by atoms with van der Waals surface area (Å²) in [5.74, 6) is 5.28. The van der Waals surface area contributed by atoms with Gasteiger partial charge in [-0.2, -0.15) is 0 Å². The number of nitrogens with one attached hydrogen (secondary N) is 2. The molecule has 20 heavy (non-hydrogen) atoms. The number of nitrogen functional groups attached to an aromatic ring is 1. The molecule has 102 valence electrons. The molecule has 0 bridgehead atoms. The van der Waals surface area contributed by atoms with Crippen molar-refractivity contribution >= 4 is 49.6 Å². The molecule has 0 aliphatic carbocycles. The number of thiazole rings is 1. The monoisotopic (exact) mass is 304 g/mol. The predicted molar refractivity (Wildman–Crippen MR) is 84.4 cm³/mol. The summed E-state index contributed by atoms with van der Waals surface area (Å²) in [6.07, 6.45) is 0. The standard InChI is InChI=1S/C13H12N4OS2/c1-7-5-8(15-12(18)9-3-2-4-19-9)6-10-11(7)16-13(17-14)20-10/h2-6H,14H2,1H3,(H,15,18)(H,16,17). The number of aromatic nitrogens is 1. The SMILES string of the molecule is Cc1cc(NC(=O)c2cccs2)cc2sc(NN)nc12. The number of anilines is 2. The molecule has 0 radical (unpaired) electrons. The van der Waals surface area contributed by atoms with Crippen LogP contribution in [0.5, 0.6) is 0 Å². The smallest absolute Gasteiger partial charge is 0.265 e. The van der Waals surface area contributed by atoms with Crippen molar-refractivity contribution in [3.05, 3.63) is 40.1 Å². The first-order valence-electron chi connectivity index (χ1n) is 5.90. The highest BCUT2D eigenvalue weighted by atomic mass is 32.1. The summed E-state index contributed by atoms with van der Waals surface area (Å²) in [7, 11) is 0. The summed E-state index contributed by atoms with van der Waals surface area (Å²) in [6.45, 7) is 1.96. The molecule has 1 amide bonds. The summed E-state index contributed by atoms with van der Waals surface area (Å²) in [5, 5.41) is 5.44. The number of nitrogens with zero attached hydrogens (tertiary/aromatic N) is 1. The van der Waals surface area contributed by atoms with Gasteiger partial charge in [0.2, 0.25) is 0 Å². The highest BCUT2D eigenvalue weighted by molar-refractivity contribution is 7.22. The van der Waals surface area contributed by atoms with E-state index in [0.29, 0.717) is 10.0 Å². The summed E-state index contributed by atoms with van der Waals surface area (Å²) < 4.78 is 0.986. The van der Waals surface area contributed by atoms with E-state index in [0.717, 1.165) is 21.5 Å². The van der Waals surface area contributed by atoms with Crippen LogP contribution in [-0.4, -0.2) is 10.9 Å². The van der Waals surface area contributed by atoms with Gasteiger partial charge in [-0.05, 0) is 36.1 Å². The van der Waals surface area contributed by atoms with Gasteiger partial charge in [-0.1, -0.05) is 17.4 Å². The zero-order valence-electron chi connectivity index (χ0n) is 10.6. The summed E-state index contributed by atoms with van der Waals surface area (Å²) >= 11 is 2.87. The Hall–Kier alpha value is -1.96. The van der Waals surface area contributed by atoms with Crippen LogP contribution >= 0.6 is 22.7 Å². The number of hydrogen-bond donors (Lipinski definition) is 3. The van der Waals surface area contributed by atoms with Crippen LogP contribution in [0, 0.1) is 6.92 Å². The van der Waals surface area contributed by atoms with Crippen molar-refractivity contribution in [1.29, 1.82) is 0 Å². The van der Waals surface area contributed by atoms with Crippen LogP contribution in [-0.2, 0) is 0 Å². The Morgan fingerprint density at radius 3 is 2.95 bits per heavy atom. The van der Waals surface area contributed by atoms with Gasteiger partial charge in [-0.25, -0.2) is 10.8 Å². The summed E-state index contributed by atoms with van der Waals surface area (Å²) in [5.41, 5.74) is 5.21. The molecule has 0 spiro atoms. The predicted octanol–water partition coefficient (Wildman–Crippen LogP) is 3.20. The lowest BCUT2D eigenvalue weighted by Gasteiger charge is -2.05. The van der Waals surface area contributed by atoms with Crippen molar-refractivity contribution in [2.45, 2.75) is 6.92 Å². The van der Waals surface area contributed by atoms with Crippen LogP contribution < -0.4 is 16.6 Å². The minimum atomic E-state index is -0.0968. The van der Waals surface area contributed by atoms with Crippen LogP contribution in [0.3, 0.4) is 0 Å².